The topological polar surface area (TPSA) is 74.8 Å². The number of benzene rings is 1. The fourth-order valence-corrected chi connectivity index (χ4v) is 2.55. The minimum Gasteiger partial charge on any atom is -0.269 e. The standard InChI is InChI=1S/C16H12N2O4/c1-9-10(2)12(18-15(21)7-8-16(18)22)4-3-11(9)17-13(19)5-6-14(17)20/h3-8H,1-2H3. The van der Waals surface area contributed by atoms with Crippen LogP contribution in [0.1, 0.15) is 11.1 Å². The number of rotatable bonds is 2. The molecule has 2 aliphatic rings. The first-order chi connectivity index (χ1) is 10.4. The van der Waals surface area contributed by atoms with Crippen molar-refractivity contribution in [1.29, 1.82) is 0 Å². The summed E-state index contributed by atoms with van der Waals surface area (Å²) >= 11 is 0. The number of hydrogen-bond donors (Lipinski definition) is 0. The van der Waals surface area contributed by atoms with Crippen molar-refractivity contribution in [3.63, 3.8) is 0 Å². The third-order valence-electron chi connectivity index (χ3n) is 3.83. The molecule has 0 unspecified atom stereocenters. The van der Waals surface area contributed by atoms with Crippen molar-refractivity contribution in [1.82, 2.24) is 0 Å². The van der Waals surface area contributed by atoms with Crippen LogP contribution in [0.4, 0.5) is 11.4 Å². The van der Waals surface area contributed by atoms with Crippen molar-refractivity contribution in [2.75, 3.05) is 9.80 Å². The van der Waals surface area contributed by atoms with Crippen LogP contribution in [0.5, 0.6) is 0 Å². The highest BCUT2D eigenvalue weighted by Crippen LogP contribution is 2.33. The third kappa shape index (κ3) is 1.88. The first-order valence-corrected chi connectivity index (χ1v) is 6.64. The number of hydrogen-bond acceptors (Lipinski definition) is 4. The van der Waals surface area contributed by atoms with Crippen molar-refractivity contribution in [2.24, 2.45) is 0 Å². The lowest BCUT2D eigenvalue weighted by atomic mass is 10.0. The summed E-state index contributed by atoms with van der Waals surface area (Å²) in [5.74, 6) is -1.63. The largest absolute Gasteiger partial charge is 0.269 e. The maximum absolute atomic E-state index is 11.8. The van der Waals surface area contributed by atoms with Gasteiger partial charge >= 0.3 is 0 Å². The lowest BCUT2D eigenvalue weighted by molar-refractivity contribution is -0.121. The molecule has 1 aromatic rings. The van der Waals surface area contributed by atoms with E-state index in [1.807, 2.05) is 0 Å². The maximum Gasteiger partial charge on any atom is 0.258 e. The number of imide groups is 2. The first-order valence-electron chi connectivity index (χ1n) is 6.64. The fourth-order valence-electron chi connectivity index (χ4n) is 2.55. The summed E-state index contributed by atoms with van der Waals surface area (Å²) in [5, 5.41) is 0. The zero-order chi connectivity index (χ0) is 16.0. The Morgan fingerprint density at radius 2 is 0.864 bits per heavy atom. The quantitative estimate of drug-likeness (QED) is 0.768. The van der Waals surface area contributed by atoms with Gasteiger partial charge in [-0.25, -0.2) is 9.80 Å². The van der Waals surface area contributed by atoms with Gasteiger partial charge in [0.2, 0.25) is 0 Å². The highest BCUT2D eigenvalue weighted by atomic mass is 16.2. The van der Waals surface area contributed by atoms with Gasteiger partial charge < -0.3 is 0 Å². The number of carbonyl (C=O) groups excluding carboxylic acids is 4. The van der Waals surface area contributed by atoms with Crippen molar-refractivity contribution in [3.8, 4) is 0 Å². The molecule has 0 spiro atoms. The summed E-state index contributed by atoms with van der Waals surface area (Å²) in [6.07, 6.45) is 4.84. The second kappa shape index (κ2) is 4.77. The van der Waals surface area contributed by atoms with E-state index in [4.69, 9.17) is 0 Å². The molecule has 2 aliphatic heterocycles. The Bertz CT molecular complexity index is 702. The second-order valence-corrected chi connectivity index (χ2v) is 5.04. The second-order valence-electron chi connectivity index (χ2n) is 5.04. The Kier molecular flexibility index (Phi) is 3.02. The maximum atomic E-state index is 11.8. The normalized spacial score (nSPS) is 17.4. The highest BCUT2D eigenvalue weighted by molar-refractivity contribution is 6.30. The molecule has 3 rings (SSSR count). The van der Waals surface area contributed by atoms with Crippen LogP contribution < -0.4 is 9.80 Å². The van der Waals surface area contributed by atoms with Crippen LogP contribution in [0.3, 0.4) is 0 Å². The van der Waals surface area contributed by atoms with Crippen LogP contribution in [-0.4, -0.2) is 23.6 Å². The van der Waals surface area contributed by atoms with Crippen molar-refractivity contribution >= 4 is 35.0 Å². The molecular formula is C16H12N2O4. The van der Waals surface area contributed by atoms with Gasteiger partial charge in [0.1, 0.15) is 0 Å². The number of carbonyl (C=O) groups is 4. The molecule has 0 aliphatic carbocycles. The van der Waals surface area contributed by atoms with Gasteiger partial charge in [-0.3, -0.25) is 19.2 Å². The van der Waals surface area contributed by atoms with Crippen LogP contribution in [0, 0.1) is 13.8 Å². The lowest BCUT2D eigenvalue weighted by Gasteiger charge is -2.23. The van der Waals surface area contributed by atoms with Gasteiger partial charge in [0, 0.05) is 24.3 Å². The molecule has 22 heavy (non-hydrogen) atoms. The molecule has 0 atom stereocenters. The van der Waals surface area contributed by atoms with E-state index in [2.05, 4.69) is 0 Å². The summed E-state index contributed by atoms with van der Waals surface area (Å²) in [5.41, 5.74) is 2.23. The van der Waals surface area contributed by atoms with Crippen LogP contribution in [0.25, 0.3) is 0 Å². The van der Waals surface area contributed by atoms with Crippen LogP contribution in [0.15, 0.2) is 36.4 Å². The summed E-state index contributed by atoms with van der Waals surface area (Å²) in [7, 11) is 0. The van der Waals surface area contributed by atoms with E-state index in [0.29, 0.717) is 22.5 Å². The summed E-state index contributed by atoms with van der Waals surface area (Å²) in [4.78, 5) is 49.3. The van der Waals surface area contributed by atoms with Crippen molar-refractivity contribution < 1.29 is 19.2 Å². The Balaban J connectivity index is 2.07. The molecule has 6 nitrogen and oxygen atoms in total. The van der Waals surface area contributed by atoms with Crippen molar-refractivity contribution in [3.05, 3.63) is 47.6 Å². The van der Waals surface area contributed by atoms with Crippen LogP contribution in [0.2, 0.25) is 0 Å². The fraction of sp³-hybridized carbons (Fsp3) is 0.125. The molecule has 1 aromatic carbocycles. The van der Waals surface area contributed by atoms with Gasteiger partial charge in [-0.2, -0.15) is 0 Å². The SMILES string of the molecule is Cc1c(N2C(=O)C=CC2=O)ccc(N2C(=O)C=CC2=O)c1C. The van der Waals surface area contributed by atoms with Crippen LogP contribution >= 0.6 is 0 Å². The molecule has 0 saturated carbocycles. The number of amides is 4. The molecular weight excluding hydrogens is 284 g/mol. The average molecular weight is 296 g/mol. The van der Waals surface area contributed by atoms with Crippen molar-refractivity contribution in [2.45, 2.75) is 13.8 Å². The van der Waals surface area contributed by atoms with Gasteiger partial charge in [-0.1, -0.05) is 0 Å². The Morgan fingerprint density at radius 3 is 1.14 bits per heavy atom. The van der Waals surface area contributed by atoms with E-state index in [0.717, 1.165) is 9.80 Å². The molecule has 0 radical (unpaired) electrons. The minimum atomic E-state index is -0.407. The molecule has 0 bridgehead atoms. The molecule has 2 heterocycles. The first kappa shape index (κ1) is 13.9. The van der Waals surface area contributed by atoms with Gasteiger partial charge in [-0.15, -0.1) is 0 Å². The smallest absolute Gasteiger partial charge is 0.258 e. The third-order valence-corrected chi connectivity index (χ3v) is 3.83. The Hall–Kier alpha value is -3.02. The molecule has 110 valence electrons. The van der Waals surface area contributed by atoms with E-state index in [1.165, 1.54) is 24.3 Å². The highest BCUT2D eigenvalue weighted by Gasteiger charge is 2.30. The van der Waals surface area contributed by atoms with Crippen LogP contribution in [-0.2, 0) is 19.2 Å². The predicted octanol–water partition coefficient (Wildman–Crippen LogP) is 1.16. The average Bonchev–Trinajstić information content (AvgIpc) is 2.98. The minimum absolute atomic E-state index is 0.407. The Labute approximate surface area is 126 Å². The molecule has 0 N–H and O–H groups in total. The predicted molar refractivity (Wildman–Crippen MR) is 79.2 cm³/mol. The zero-order valence-electron chi connectivity index (χ0n) is 12.0. The summed E-state index contributed by atoms with van der Waals surface area (Å²) in [6.45, 7) is 3.48. The van der Waals surface area contributed by atoms with E-state index in [-0.39, 0.29) is 0 Å². The van der Waals surface area contributed by atoms with Gasteiger partial charge in [0.25, 0.3) is 23.6 Å². The number of anilines is 2. The molecule has 0 fully saturated rings. The van der Waals surface area contributed by atoms with Gasteiger partial charge in [-0.05, 0) is 37.1 Å². The van der Waals surface area contributed by atoms with E-state index < -0.39 is 23.6 Å². The number of nitrogens with zero attached hydrogens (tertiary/aromatic N) is 2. The van der Waals surface area contributed by atoms with E-state index in [9.17, 15) is 19.2 Å². The van der Waals surface area contributed by atoms with E-state index in [1.54, 1.807) is 26.0 Å². The summed E-state index contributed by atoms with van der Waals surface area (Å²) in [6, 6.07) is 3.14. The molecule has 6 heteroatoms. The lowest BCUT2D eigenvalue weighted by Crippen LogP contribution is -2.32. The monoisotopic (exact) mass is 296 g/mol. The molecule has 0 saturated heterocycles. The van der Waals surface area contributed by atoms with Gasteiger partial charge in [0.15, 0.2) is 0 Å². The zero-order valence-corrected chi connectivity index (χ0v) is 12.0. The Morgan fingerprint density at radius 1 is 0.591 bits per heavy atom. The summed E-state index contributed by atoms with van der Waals surface area (Å²) < 4.78 is 0. The van der Waals surface area contributed by atoms with E-state index >= 15 is 0 Å². The molecule has 0 aromatic heterocycles. The molecule has 4 amide bonds. The van der Waals surface area contributed by atoms with Gasteiger partial charge in [0.05, 0.1) is 11.4 Å².